The van der Waals surface area contributed by atoms with Gasteiger partial charge < -0.3 is 20.1 Å². The molecule has 0 atom stereocenters. The average Bonchev–Trinajstić information content (AvgIpc) is 2.67. The topological polar surface area (TPSA) is 76.7 Å². The Morgan fingerprint density at radius 1 is 1.18 bits per heavy atom. The SMILES string of the molecule is CCOc1c(Cl)cc(CNC(=O)/C=C/c2ccc(NC(C)=O)cc2)cc1OC. The van der Waals surface area contributed by atoms with Gasteiger partial charge in [-0.05, 0) is 48.4 Å². The molecule has 0 aliphatic rings. The number of rotatable bonds is 8. The van der Waals surface area contributed by atoms with Gasteiger partial charge in [0.15, 0.2) is 11.5 Å². The Labute approximate surface area is 169 Å². The second kappa shape index (κ2) is 10.4. The highest BCUT2D eigenvalue weighted by molar-refractivity contribution is 6.32. The van der Waals surface area contributed by atoms with E-state index in [9.17, 15) is 9.59 Å². The molecule has 0 saturated carbocycles. The summed E-state index contributed by atoms with van der Waals surface area (Å²) in [5.74, 6) is 0.640. The number of carbonyl (C=O) groups excluding carboxylic acids is 2. The summed E-state index contributed by atoms with van der Waals surface area (Å²) in [5, 5.41) is 5.92. The van der Waals surface area contributed by atoms with Gasteiger partial charge in [-0.25, -0.2) is 0 Å². The van der Waals surface area contributed by atoms with Crippen molar-refractivity contribution in [1.29, 1.82) is 0 Å². The Balaban J connectivity index is 1.95. The molecule has 0 fully saturated rings. The molecule has 2 N–H and O–H groups in total. The number of ether oxygens (including phenoxy) is 2. The van der Waals surface area contributed by atoms with E-state index >= 15 is 0 Å². The third kappa shape index (κ3) is 6.32. The van der Waals surface area contributed by atoms with Crippen LogP contribution in [0.3, 0.4) is 0 Å². The quantitative estimate of drug-likeness (QED) is 0.653. The molecule has 28 heavy (non-hydrogen) atoms. The fraction of sp³-hybridized carbons (Fsp3) is 0.238. The molecule has 0 aliphatic heterocycles. The standard InChI is InChI=1S/C21H23ClN2O4/c1-4-28-21-18(22)11-16(12-19(21)27-3)13-23-20(26)10-7-15-5-8-17(9-6-15)24-14(2)25/h5-12H,4,13H2,1-3H3,(H,23,26)(H,24,25)/b10-7+. The summed E-state index contributed by atoms with van der Waals surface area (Å²) < 4.78 is 10.8. The van der Waals surface area contributed by atoms with E-state index in [4.69, 9.17) is 21.1 Å². The highest BCUT2D eigenvalue weighted by atomic mass is 35.5. The lowest BCUT2D eigenvalue weighted by atomic mass is 10.2. The molecule has 0 bridgehead atoms. The van der Waals surface area contributed by atoms with Crippen LogP contribution in [0.5, 0.6) is 11.5 Å². The van der Waals surface area contributed by atoms with Gasteiger partial charge in [0.2, 0.25) is 11.8 Å². The third-order valence-corrected chi connectivity index (χ3v) is 3.98. The van der Waals surface area contributed by atoms with Crippen molar-refractivity contribution in [3.63, 3.8) is 0 Å². The van der Waals surface area contributed by atoms with Crippen LogP contribution in [0.15, 0.2) is 42.5 Å². The molecule has 0 aliphatic carbocycles. The predicted molar refractivity (Wildman–Crippen MR) is 111 cm³/mol. The average molecular weight is 403 g/mol. The van der Waals surface area contributed by atoms with Crippen LogP contribution in [-0.4, -0.2) is 25.5 Å². The number of halogens is 1. The number of amides is 2. The Bertz CT molecular complexity index is 863. The normalized spacial score (nSPS) is 10.6. The fourth-order valence-electron chi connectivity index (χ4n) is 2.46. The van der Waals surface area contributed by atoms with Crippen molar-refractivity contribution in [2.75, 3.05) is 19.0 Å². The summed E-state index contributed by atoms with van der Waals surface area (Å²) in [6, 6.07) is 10.7. The van der Waals surface area contributed by atoms with Gasteiger partial charge in [-0.2, -0.15) is 0 Å². The lowest BCUT2D eigenvalue weighted by Gasteiger charge is -2.13. The number of anilines is 1. The Morgan fingerprint density at radius 3 is 2.50 bits per heavy atom. The Hall–Kier alpha value is -2.99. The molecule has 2 aromatic rings. The maximum atomic E-state index is 12.1. The van der Waals surface area contributed by atoms with Crippen molar-refractivity contribution in [3.8, 4) is 11.5 Å². The molecule has 0 heterocycles. The summed E-state index contributed by atoms with van der Waals surface area (Å²) in [7, 11) is 1.54. The molecular weight excluding hydrogens is 380 g/mol. The predicted octanol–water partition coefficient (Wildman–Crippen LogP) is 4.04. The number of hydrogen-bond donors (Lipinski definition) is 2. The second-order valence-electron chi connectivity index (χ2n) is 5.90. The molecule has 0 radical (unpaired) electrons. The van der Waals surface area contributed by atoms with Crippen LogP contribution in [0, 0.1) is 0 Å². The molecule has 0 unspecified atom stereocenters. The maximum absolute atomic E-state index is 12.1. The van der Waals surface area contributed by atoms with Crippen LogP contribution in [0.4, 0.5) is 5.69 Å². The summed E-state index contributed by atoms with van der Waals surface area (Å²) in [5.41, 5.74) is 2.34. The van der Waals surface area contributed by atoms with E-state index in [1.54, 1.807) is 30.3 Å². The molecule has 0 aromatic heterocycles. The molecule has 148 valence electrons. The van der Waals surface area contributed by atoms with Gasteiger partial charge in [0.25, 0.3) is 0 Å². The van der Waals surface area contributed by atoms with E-state index in [2.05, 4.69) is 10.6 Å². The molecule has 0 saturated heterocycles. The minimum Gasteiger partial charge on any atom is -0.493 e. The van der Waals surface area contributed by atoms with Gasteiger partial charge >= 0.3 is 0 Å². The van der Waals surface area contributed by atoms with Crippen molar-refractivity contribution in [1.82, 2.24) is 5.32 Å². The zero-order valence-corrected chi connectivity index (χ0v) is 16.8. The lowest BCUT2D eigenvalue weighted by molar-refractivity contribution is -0.116. The van der Waals surface area contributed by atoms with E-state index in [0.29, 0.717) is 35.4 Å². The summed E-state index contributed by atoms with van der Waals surface area (Å²) >= 11 is 6.23. The Kier molecular flexibility index (Phi) is 7.89. The number of methoxy groups -OCH3 is 1. The first-order chi connectivity index (χ1) is 13.4. The van der Waals surface area contributed by atoms with Crippen LogP contribution in [0.2, 0.25) is 5.02 Å². The second-order valence-corrected chi connectivity index (χ2v) is 6.30. The number of nitrogens with one attached hydrogen (secondary N) is 2. The molecule has 0 spiro atoms. The van der Waals surface area contributed by atoms with Crippen LogP contribution < -0.4 is 20.1 Å². The van der Waals surface area contributed by atoms with E-state index in [0.717, 1.165) is 11.1 Å². The summed E-state index contributed by atoms with van der Waals surface area (Å²) in [6.45, 7) is 4.09. The van der Waals surface area contributed by atoms with Crippen LogP contribution in [0.25, 0.3) is 6.08 Å². The van der Waals surface area contributed by atoms with Crippen LogP contribution in [-0.2, 0) is 16.1 Å². The third-order valence-electron chi connectivity index (χ3n) is 3.70. The molecule has 6 nitrogen and oxygen atoms in total. The van der Waals surface area contributed by atoms with Gasteiger partial charge in [0.05, 0.1) is 18.7 Å². The van der Waals surface area contributed by atoms with Gasteiger partial charge in [0.1, 0.15) is 0 Å². The van der Waals surface area contributed by atoms with Crippen LogP contribution in [0.1, 0.15) is 25.0 Å². The molecule has 2 amide bonds. The number of benzene rings is 2. The van der Waals surface area contributed by atoms with E-state index in [1.807, 2.05) is 19.1 Å². The Morgan fingerprint density at radius 2 is 1.89 bits per heavy atom. The highest BCUT2D eigenvalue weighted by Gasteiger charge is 2.11. The van der Waals surface area contributed by atoms with Gasteiger partial charge in [0, 0.05) is 25.2 Å². The van der Waals surface area contributed by atoms with Crippen molar-refractivity contribution in [2.45, 2.75) is 20.4 Å². The summed E-state index contributed by atoms with van der Waals surface area (Å²) in [6.07, 6.45) is 3.14. The fourth-order valence-corrected chi connectivity index (χ4v) is 2.75. The minimum absolute atomic E-state index is 0.131. The minimum atomic E-state index is -0.241. The van der Waals surface area contributed by atoms with Gasteiger partial charge in [-0.3, -0.25) is 9.59 Å². The smallest absolute Gasteiger partial charge is 0.244 e. The monoisotopic (exact) mass is 402 g/mol. The van der Waals surface area contributed by atoms with E-state index in [-0.39, 0.29) is 11.8 Å². The van der Waals surface area contributed by atoms with Crippen LogP contribution >= 0.6 is 11.6 Å². The van der Waals surface area contributed by atoms with Gasteiger partial charge in [-0.1, -0.05) is 23.7 Å². The van der Waals surface area contributed by atoms with Gasteiger partial charge in [-0.15, -0.1) is 0 Å². The first-order valence-electron chi connectivity index (χ1n) is 8.75. The van der Waals surface area contributed by atoms with Crippen molar-refractivity contribution < 1.29 is 19.1 Å². The van der Waals surface area contributed by atoms with Crippen molar-refractivity contribution >= 4 is 35.2 Å². The summed E-state index contributed by atoms with van der Waals surface area (Å²) in [4.78, 5) is 23.1. The molecule has 2 aromatic carbocycles. The van der Waals surface area contributed by atoms with E-state index in [1.165, 1.54) is 20.1 Å². The first-order valence-corrected chi connectivity index (χ1v) is 9.13. The lowest BCUT2D eigenvalue weighted by Crippen LogP contribution is -2.20. The van der Waals surface area contributed by atoms with Crippen molar-refractivity contribution in [2.24, 2.45) is 0 Å². The first kappa shape index (κ1) is 21.3. The maximum Gasteiger partial charge on any atom is 0.244 e. The molecule has 7 heteroatoms. The number of hydrogen-bond acceptors (Lipinski definition) is 4. The zero-order valence-electron chi connectivity index (χ0n) is 16.0. The highest BCUT2D eigenvalue weighted by Crippen LogP contribution is 2.36. The van der Waals surface area contributed by atoms with Crippen molar-refractivity contribution in [3.05, 3.63) is 58.6 Å². The molecule has 2 rings (SSSR count). The zero-order chi connectivity index (χ0) is 20.5. The largest absolute Gasteiger partial charge is 0.493 e. The van der Waals surface area contributed by atoms with E-state index < -0.39 is 0 Å². The molecular formula is C21H23ClN2O4. The number of carbonyl (C=O) groups is 2.